The molecule has 0 N–H and O–H groups in total. The van der Waals surface area contributed by atoms with Crippen LogP contribution in [0.3, 0.4) is 0 Å². The van der Waals surface area contributed by atoms with Gasteiger partial charge in [0, 0.05) is 13.1 Å². The average molecular weight is 431 g/mol. The zero-order valence-corrected chi connectivity index (χ0v) is 15.4. The van der Waals surface area contributed by atoms with Gasteiger partial charge in [-0.25, -0.2) is 0 Å². The Morgan fingerprint density at radius 1 is 1.17 bits per heavy atom. The van der Waals surface area contributed by atoms with E-state index in [1.165, 1.54) is 0 Å². The maximum atomic E-state index is 12.0. The van der Waals surface area contributed by atoms with Gasteiger partial charge in [-0.05, 0) is 51.8 Å². The smallest absolute Gasteiger partial charge is 0.298 e. The number of hydrogen-bond acceptors (Lipinski definition) is 2. The van der Waals surface area contributed by atoms with Crippen LogP contribution in [-0.2, 0) is 11.3 Å². The zero-order valence-electron chi connectivity index (χ0n) is 13.2. The molecule has 0 aromatic heterocycles. The zero-order chi connectivity index (χ0) is 17.4. The molecule has 2 rings (SSSR count). The van der Waals surface area contributed by atoms with Gasteiger partial charge in [-0.3, -0.25) is 4.79 Å². The fraction of sp³-hybridized carbons (Fsp3) is 0.150. The van der Waals surface area contributed by atoms with Crippen LogP contribution in [0.4, 0.5) is 0 Å². The van der Waals surface area contributed by atoms with E-state index in [0.29, 0.717) is 19.7 Å². The molecule has 0 spiro atoms. The molecule has 1 amide bonds. The molecular weight excluding hydrogens is 413 g/mol. The van der Waals surface area contributed by atoms with Crippen molar-refractivity contribution in [1.29, 1.82) is 0 Å². The Bertz CT molecular complexity index is 750. The first-order valence-corrected chi connectivity index (χ1v) is 8.51. The van der Waals surface area contributed by atoms with Crippen molar-refractivity contribution in [3.05, 3.63) is 75.9 Å². The Morgan fingerprint density at radius 3 is 2.50 bits per heavy atom. The average Bonchev–Trinajstić information content (AvgIpc) is 2.60. The third-order valence-corrected chi connectivity index (χ3v) is 4.20. The number of carbonyl (C=O) groups excluding carboxylic acids is 1. The van der Waals surface area contributed by atoms with Crippen LogP contribution in [0.15, 0.2) is 66.7 Å². The van der Waals surface area contributed by atoms with Crippen molar-refractivity contribution >= 4 is 28.5 Å². The molecule has 122 valence electrons. The van der Waals surface area contributed by atoms with Crippen LogP contribution >= 0.6 is 22.6 Å². The van der Waals surface area contributed by atoms with E-state index >= 15 is 0 Å². The molecule has 24 heavy (non-hydrogen) atoms. The lowest BCUT2D eigenvalue weighted by Gasteiger charge is -2.22. The molecule has 2 aromatic rings. The number of rotatable bonds is 7. The quantitative estimate of drug-likeness (QED) is 0.378. The normalized spacial score (nSPS) is 9.83. The number of terminal acetylenes is 1. The van der Waals surface area contributed by atoms with Gasteiger partial charge in [-0.15, -0.1) is 6.42 Å². The standard InChI is InChI=1S/C20H18INO2/c1-3-20(23)22(14-17-9-5-4-6-10-17)13-16(2)15-24-19-12-8-7-11-18(19)21/h1,4-12H,2,13-15H2. The van der Waals surface area contributed by atoms with E-state index in [1.54, 1.807) is 4.90 Å². The third-order valence-electron chi connectivity index (χ3n) is 3.31. The third kappa shape index (κ3) is 5.43. The summed E-state index contributed by atoms with van der Waals surface area (Å²) in [6.07, 6.45) is 5.28. The molecule has 0 radical (unpaired) electrons. The van der Waals surface area contributed by atoms with Crippen molar-refractivity contribution in [2.75, 3.05) is 13.2 Å². The van der Waals surface area contributed by atoms with Gasteiger partial charge in [0.25, 0.3) is 5.91 Å². The summed E-state index contributed by atoms with van der Waals surface area (Å²) in [6, 6.07) is 17.5. The molecule has 2 aromatic carbocycles. The van der Waals surface area contributed by atoms with Crippen LogP contribution in [0.5, 0.6) is 5.75 Å². The summed E-state index contributed by atoms with van der Waals surface area (Å²) in [7, 11) is 0. The number of nitrogens with zero attached hydrogens (tertiary/aromatic N) is 1. The molecule has 0 saturated heterocycles. The molecular formula is C20H18INO2. The van der Waals surface area contributed by atoms with Gasteiger partial charge in [0.15, 0.2) is 0 Å². The van der Waals surface area contributed by atoms with Gasteiger partial charge in [-0.2, -0.15) is 0 Å². The fourth-order valence-corrected chi connectivity index (χ4v) is 2.69. The number of hydrogen-bond donors (Lipinski definition) is 0. The van der Waals surface area contributed by atoms with Gasteiger partial charge in [0.1, 0.15) is 12.4 Å². The lowest BCUT2D eigenvalue weighted by atomic mass is 10.2. The number of benzene rings is 2. The summed E-state index contributed by atoms with van der Waals surface area (Å²) in [5.41, 5.74) is 1.81. The Kier molecular flexibility index (Phi) is 6.89. The van der Waals surface area contributed by atoms with Crippen LogP contribution in [-0.4, -0.2) is 24.0 Å². The largest absolute Gasteiger partial charge is 0.488 e. The Morgan fingerprint density at radius 2 is 1.83 bits per heavy atom. The highest BCUT2D eigenvalue weighted by molar-refractivity contribution is 14.1. The van der Waals surface area contributed by atoms with Crippen LogP contribution in [0.25, 0.3) is 0 Å². The topological polar surface area (TPSA) is 29.5 Å². The minimum absolute atomic E-state index is 0.336. The molecule has 0 bridgehead atoms. The van der Waals surface area contributed by atoms with Gasteiger partial charge in [-0.1, -0.05) is 49.0 Å². The minimum atomic E-state index is -0.353. The second-order valence-corrected chi connectivity index (χ2v) is 6.42. The van der Waals surface area contributed by atoms with E-state index in [-0.39, 0.29) is 5.91 Å². The van der Waals surface area contributed by atoms with Gasteiger partial charge in [0.05, 0.1) is 3.57 Å². The molecule has 0 heterocycles. The van der Waals surface area contributed by atoms with Crippen molar-refractivity contribution in [2.45, 2.75) is 6.54 Å². The van der Waals surface area contributed by atoms with Crippen molar-refractivity contribution in [3.63, 3.8) is 0 Å². The van der Waals surface area contributed by atoms with E-state index in [9.17, 15) is 4.79 Å². The number of ether oxygens (including phenoxy) is 1. The summed E-state index contributed by atoms with van der Waals surface area (Å²) in [5.74, 6) is 2.63. The second-order valence-electron chi connectivity index (χ2n) is 5.26. The molecule has 3 nitrogen and oxygen atoms in total. The predicted octanol–water partition coefficient (Wildman–Crippen LogP) is 3.89. The minimum Gasteiger partial charge on any atom is -0.488 e. The van der Waals surface area contributed by atoms with Crippen molar-refractivity contribution in [2.24, 2.45) is 0 Å². The summed E-state index contributed by atoms with van der Waals surface area (Å²) in [6.45, 7) is 5.16. The molecule has 0 saturated carbocycles. The lowest BCUT2D eigenvalue weighted by Crippen LogP contribution is -2.32. The molecule has 0 aliphatic heterocycles. The van der Waals surface area contributed by atoms with Crippen LogP contribution in [0.2, 0.25) is 0 Å². The second kappa shape index (κ2) is 9.14. The van der Waals surface area contributed by atoms with Gasteiger partial charge < -0.3 is 9.64 Å². The van der Waals surface area contributed by atoms with Crippen molar-refractivity contribution < 1.29 is 9.53 Å². The van der Waals surface area contributed by atoms with Crippen molar-refractivity contribution in [1.82, 2.24) is 4.90 Å². The van der Waals surface area contributed by atoms with Crippen molar-refractivity contribution in [3.8, 4) is 18.1 Å². The molecule has 4 heteroatoms. The van der Waals surface area contributed by atoms with E-state index in [0.717, 1.165) is 20.5 Å². The van der Waals surface area contributed by atoms with Gasteiger partial charge in [0.2, 0.25) is 0 Å². The van der Waals surface area contributed by atoms with Crippen LogP contribution in [0, 0.1) is 15.9 Å². The molecule has 0 unspecified atom stereocenters. The molecule has 0 atom stereocenters. The van der Waals surface area contributed by atoms with Gasteiger partial charge >= 0.3 is 0 Å². The fourth-order valence-electron chi connectivity index (χ4n) is 2.15. The molecule has 0 aliphatic carbocycles. The van der Waals surface area contributed by atoms with E-state index < -0.39 is 0 Å². The molecule has 0 fully saturated rings. The Balaban J connectivity index is 1.96. The van der Waals surface area contributed by atoms with E-state index in [2.05, 4.69) is 35.1 Å². The highest BCUT2D eigenvalue weighted by atomic mass is 127. The predicted molar refractivity (Wildman–Crippen MR) is 104 cm³/mol. The number of halogens is 1. The SMILES string of the molecule is C#CC(=O)N(CC(=C)COc1ccccc1I)Cc1ccccc1. The number of amides is 1. The maximum absolute atomic E-state index is 12.0. The first kappa shape index (κ1) is 18.1. The number of carbonyl (C=O) groups is 1. The summed E-state index contributed by atoms with van der Waals surface area (Å²) in [4.78, 5) is 13.6. The monoisotopic (exact) mass is 431 g/mol. The van der Waals surface area contributed by atoms with Crippen LogP contribution in [0.1, 0.15) is 5.56 Å². The molecule has 0 aliphatic rings. The summed E-state index contributed by atoms with van der Waals surface area (Å²) >= 11 is 2.22. The van der Waals surface area contributed by atoms with E-state index in [4.69, 9.17) is 11.2 Å². The number of para-hydroxylation sites is 1. The summed E-state index contributed by atoms with van der Waals surface area (Å²) < 4.78 is 6.80. The lowest BCUT2D eigenvalue weighted by molar-refractivity contribution is -0.125. The first-order valence-electron chi connectivity index (χ1n) is 7.43. The maximum Gasteiger partial charge on any atom is 0.298 e. The Labute approximate surface area is 156 Å². The highest BCUT2D eigenvalue weighted by Crippen LogP contribution is 2.20. The van der Waals surface area contributed by atoms with E-state index in [1.807, 2.05) is 54.6 Å². The highest BCUT2D eigenvalue weighted by Gasteiger charge is 2.13. The van der Waals surface area contributed by atoms with Crippen LogP contribution < -0.4 is 4.74 Å². The first-order chi connectivity index (χ1) is 11.6. The summed E-state index contributed by atoms with van der Waals surface area (Å²) in [5, 5.41) is 0. The Hall–Kier alpha value is -2.26.